The summed E-state index contributed by atoms with van der Waals surface area (Å²) >= 11 is 0. The van der Waals surface area contributed by atoms with E-state index in [1.165, 1.54) is 18.2 Å². The summed E-state index contributed by atoms with van der Waals surface area (Å²) in [5.41, 5.74) is 0.640. The summed E-state index contributed by atoms with van der Waals surface area (Å²) < 4.78 is 0. The minimum absolute atomic E-state index is 0. The summed E-state index contributed by atoms with van der Waals surface area (Å²) in [6, 6.07) is 4.14. The standard InChI is InChI=1S/C9H10N2O3.ClH/c12-6-1-2-9(11(13)14)7(5-6)8-3-4-10-8;/h1-2,5,8,10,12H,3-4H2;1H/t8-;/m0./s1. The molecule has 6 heteroatoms. The van der Waals surface area contributed by atoms with Gasteiger partial charge in [-0.1, -0.05) is 0 Å². The number of aromatic hydroxyl groups is 1. The fourth-order valence-corrected chi connectivity index (χ4v) is 1.54. The monoisotopic (exact) mass is 230 g/mol. The summed E-state index contributed by atoms with van der Waals surface area (Å²) in [7, 11) is 0. The van der Waals surface area contributed by atoms with Crippen molar-refractivity contribution in [1.82, 2.24) is 5.32 Å². The van der Waals surface area contributed by atoms with Crippen LogP contribution in [0.3, 0.4) is 0 Å². The van der Waals surface area contributed by atoms with E-state index in [9.17, 15) is 15.2 Å². The molecule has 1 saturated heterocycles. The minimum Gasteiger partial charge on any atom is -0.508 e. The van der Waals surface area contributed by atoms with E-state index < -0.39 is 4.92 Å². The van der Waals surface area contributed by atoms with Gasteiger partial charge in [0.15, 0.2) is 0 Å². The van der Waals surface area contributed by atoms with Gasteiger partial charge in [0.25, 0.3) is 5.69 Å². The maximum Gasteiger partial charge on any atom is 0.274 e. The number of nitrogens with one attached hydrogen (secondary N) is 1. The molecule has 0 aliphatic carbocycles. The largest absolute Gasteiger partial charge is 0.508 e. The van der Waals surface area contributed by atoms with E-state index in [2.05, 4.69) is 5.32 Å². The van der Waals surface area contributed by atoms with Crippen LogP contribution in [0.2, 0.25) is 0 Å². The number of hydrogen-bond donors (Lipinski definition) is 2. The molecule has 5 nitrogen and oxygen atoms in total. The average Bonchev–Trinajstić information content (AvgIpc) is 2.00. The first-order valence-electron chi connectivity index (χ1n) is 4.39. The van der Waals surface area contributed by atoms with Gasteiger partial charge in [0.1, 0.15) is 5.75 Å². The van der Waals surface area contributed by atoms with Gasteiger partial charge in [-0.05, 0) is 25.1 Å². The Morgan fingerprint density at radius 2 is 2.20 bits per heavy atom. The number of phenols is 1. The summed E-state index contributed by atoms with van der Waals surface area (Å²) in [6.07, 6.45) is 0.879. The van der Waals surface area contributed by atoms with Crippen LogP contribution in [0, 0.1) is 10.1 Å². The molecule has 15 heavy (non-hydrogen) atoms. The molecule has 1 aliphatic rings. The van der Waals surface area contributed by atoms with Crippen LogP contribution in [-0.4, -0.2) is 16.6 Å². The van der Waals surface area contributed by atoms with Crippen LogP contribution in [0.15, 0.2) is 18.2 Å². The van der Waals surface area contributed by atoms with Gasteiger partial charge in [0.2, 0.25) is 0 Å². The Kier molecular flexibility index (Phi) is 3.49. The van der Waals surface area contributed by atoms with Gasteiger partial charge in [-0.3, -0.25) is 10.1 Å². The van der Waals surface area contributed by atoms with Crippen LogP contribution >= 0.6 is 12.4 Å². The molecule has 0 saturated carbocycles. The van der Waals surface area contributed by atoms with Crippen LogP contribution < -0.4 is 5.32 Å². The lowest BCUT2D eigenvalue weighted by Crippen LogP contribution is -2.35. The van der Waals surface area contributed by atoms with E-state index in [0.29, 0.717) is 5.56 Å². The van der Waals surface area contributed by atoms with Gasteiger partial charge >= 0.3 is 0 Å². The average molecular weight is 231 g/mol. The second-order valence-electron chi connectivity index (χ2n) is 3.30. The number of benzene rings is 1. The highest BCUT2D eigenvalue weighted by atomic mass is 35.5. The van der Waals surface area contributed by atoms with E-state index in [0.717, 1.165) is 13.0 Å². The number of phenolic OH excluding ortho intramolecular Hbond substituents is 1. The second kappa shape index (κ2) is 4.46. The first-order chi connectivity index (χ1) is 6.68. The topological polar surface area (TPSA) is 75.4 Å². The molecule has 0 aromatic heterocycles. The first-order valence-corrected chi connectivity index (χ1v) is 4.39. The molecule has 0 unspecified atom stereocenters. The highest BCUT2D eigenvalue weighted by Crippen LogP contribution is 2.33. The molecule has 0 bridgehead atoms. The molecule has 0 radical (unpaired) electrons. The molecule has 1 atom stereocenters. The van der Waals surface area contributed by atoms with Crippen LogP contribution in [0.1, 0.15) is 18.0 Å². The molecule has 1 aromatic rings. The first kappa shape index (κ1) is 11.7. The number of hydrogen-bond acceptors (Lipinski definition) is 4. The minimum atomic E-state index is -0.422. The van der Waals surface area contributed by atoms with E-state index in [1.54, 1.807) is 0 Å². The Hall–Kier alpha value is -1.33. The van der Waals surface area contributed by atoms with E-state index >= 15 is 0 Å². The van der Waals surface area contributed by atoms with Crippen molar-refractivity contribution in [2.75, 3.05) is 6.54 Å². The summed E-state index contributed by atoms with van der Waals surface area (Å²) in [5.74, 6) is 0.0688. The zero-order valence-corrected chi connectivity index (χ0v) is 8.66. The molecule has 1 aromatic carbocycles. The highest BCUT2D eigenvalue weighted by molar-refractivity contribution is 5.85. The highest BCUT2D eigenvalue weighted by Gasteiger charge is 2.26. The fraction of sp³-hybridized carbons (Fsp3) is 0.333. The molecule has 1 fully saturated rings. The van der Waals surface area contributed by atoms with Crippen LogP contribution in [0.5, 0.6) is 5.75 Å². The molecule has 2 N–H and O–H groups in total. The van der Waals surface area contributed by atoms with Gasteiger partial charge < -0.3 is 10.4 Å². The van der Waals surface area contributed by atoms with E-state index in [4.69, 9.17) is 0 Å². The number of halogens is 1. The second-order valence-corrected chi connectivity index (χ2v) is 3.30. The third-order valence-corrected chi connectivity index (χ3v) is 2.41. The van der Waals surface area contributed by atoms with Crippen LogP contribution in [0.25, 0.3) is 0 Å². The van der Waals surface area contributed by atoms with Crippen molar-refractivity contribution in [2.24, 2.45) is 0 Å². The Balaban J connectivity index is 0.00000112. The van der Waals surface area contributed by atoms with Gasteiger partial charge in [0.05, 0.1) is 10.5 Å². The van der Waals surface area contributed by atoms with E-state index in [-0.39, 0.29) is 29.9 Å². The van der Waals surface area contributed by atoms with Crippen molar-refractivity contribution in [1.29, 1.82) is 0 Å². The summed E-state index contributed by atoms with van der Waals surface area (Å²) in [5, 5.41) is 23.0. The number of nitro groups is 1. The lowest BCUT2D eigenvalue weighted by molar-refractivity contribution is -0.385. The molecule has 0 amide bonds. The van der Waals surface area contributed by atoms with Gasteiger partial charge in [-0.25, -0.2) is 0 Å². The van der Waals surface area contributed by atoms with Crippen molar-refractivity contribution < 1.29 is 10.0 Å². The quantitative estimate of drug-likeness (QED) is 0.600. The van der Waals surface area contributed by atoms with Crippen molar-refractivity contribution in [2.45, 2.75) is 12.5 Å². The summed E-state index contributed by atoms with van der Waals surface area (Å²) in [4.78, 5) is 10.3. The normalized spacial score (nSPS) is 18.8. The number of rotatable bonds is 2. The zero-order valence-electron chi connectivity index (χ0n) is 7.84. The molecule has 1 heterocycles. The zero-order chi connectivity index (χ0) is 10.1. The lowest BCUT2D eigenvalue weighted by Gasteiger charge is -2.27. The maximum absolute atomic E-state index is 10.7. The van der Waals surface area contributed by atoms with Crippen molar-refractivity contribution in [3.05, 3.63) is 33.9 Å². The lowest BCUT2D eigenvalue weighted by atomic mass is 9.96. The van der Waals surface area contributed by atoms with Gasteiger partial charge in [-0.2, -0.15) is 0 Å². The maximum atomic E-state index is 10.7. The summed E-state index contributed by atoms with van der Waals surface area (Å²) in [6.45, 7) is 0.872. The number of nitro benzene ring substituents is 1. The van der Waals surface area contributed by atoms with E-state index in [1.807, 2.05) is 0 Å². The van der Waals surface area contributed by atoms with Crippen molar-refractivity contribution >= 4 is 18.1 Å². The Morgan fingerprint density at radius 3 is 2.67 bits per heavy atom. The third-order valence-electron chi connectivity index (χ3n) is 2.41. The Morgan fingerprint density at radius 1 is 1.53 bits per heavy atom. The fourth-order valence-electron chi connectivity index (χ4n) is 1.54. The Bertz CT molecular complexity index is 380. The SMILES string of the molecule is Cl.O=[N+]([O-])c1ccc(O)cc1[C@@H]1CCN1. The van der Waals surface area contributed by atoms with Crippen LogP contribution in [0.4, 0.5) is 5.69 Å². The predicted octanol–water partition coefficient (Wildman–Crippen LogP) is 1.76. The third kappa shape index (κ3) is 2.19. The molecule has 1 aliphatic heterocycles. The van der Waals surface area contributed by atoms with Crippen molar-refractivity contribution in [3.63, 3.8) is 0 Å². The molecule has 82 valence electrons. The predicted molar refractivity (Wildman–Crippen MR) is 57.4 cm³/mol. The number of nitrogens with zero attached hydrogens (tertiary/aromatic N) is 1. The molecule has 0 spiro atoms. The molecular formula is C9H11ClN2O3. The Labute approximate surface area is 92.7 Å². The van der Waals surface area contributed by atoms with Crippen molar-refractivity contribution in [3.8, 4) is 5.75 Å². The molecular weight excluding hydrogens is 220 g/mol. The van der Waals surface area contributed by atoms with Crippen LogP contribution in [-0.2, 0) is 0 Å². The van der Waals surface area contributed by atoms with Gasteiger partial charge in [-0.15, -0.1) is 12.4 Å². The van der Waals surface area contributed by atoms with Gasteiger partial charge in [0, 0.05) is 12.1 Å². The molecule has 2 rings (SSSR count). The smallest absolute Gasteiger partial charge is 0.274 e.